The number of amidine groups is 2. The number of rotatable bonds is 11. The van der Waals surface area contributed by atoms with Crippen LogP contribution in [0.1, 0.15) is 47.9 Å². The van der Waals surface area contributed by atoms with E-state index in [1.165, 1.54) is 0 Å². The highest BCUT2D eigenvalue weighted by molar-refractivity contribution is 9.10. The van der Waals surface area contributed by atoms with E-state index in [2.05, 4.69) is 31.9 Å². The molecule has 0 N–H and O–H groups in total. The van der Waals surface area contributed by atoms with Crippen molar-refractivity contribution in [3.8, 4) is 0 Å². The molecule has 4 aromatic carbocycles. The van der Waals surface area contributed by atoms with Gasteiger partial charge in [-0.2, -0.15) is 0 Å². The summed E-state index contributed by atoms with van der Waals surface area (Å²) in [6.07, 6.45) is 6.90. The van der Waals surface area contributed by atoms with Gasteiger partial charge in [-0.15, -0.1) is 0 Å². The molecule has 6 nitrogen and oxygen atoms in total. The Balaban J connectivity index is 1.11. The molecule has 0 aromatic heterocycles. The molecule has 0 fully saturated rings. The van der Waals surface area contributed by atoms with Crippen molar-refractivity contribution >= 4 is 90.7 Å². The zero-order valence-electron chi connectivity index (χ0n) is 25.8. The molecule has 0 radical (unpaired) electrons. The second-order valence-electron chi connectivity index (χ2n) is 11.3. The van der Waals surface area contributed by atoms with Gasteiger partial charge in [0.15, 0.2) is 0 Å². The molecule has 0 aliphatic carbocycles. The second-order valence-corrected chi connectivity index (χ2v) is 13.9. The predicted molar refractivity (Wildman–Crippen MR) is 202 cm³/mol. The van der Waals surface area contributed by atoms with Crippen molar-refractivity contribution in [3.63, 3.8) is 0 Å². The van der Waals surface area contributed by atoms with E-state index in [1.807, 2.05) is 72.8 Å². The first-order valence-corrected chi connectivity index (χ1v) is 17.9. The highest BCUT2D eigenvalue weighted by Crippen LogP contribution is 2.29. The summed E-state index contributed by atoms with van der Waals surface area (Å²) in [6.45, 7) is 1.05. The van der Waals surface area contributed by atoms with Crippen LogP contribution in [0.25, 0.3) is 12.2 Å². The van der Waals surface area contributed by atoms with Crippen molar-refractivity contribution < 1.29 is 9.59 Å². The Bertz CT molecular complexity index is 1830. The quantitative estimate of drug-likeness (QED) is 0.112. The highest BCUT2D eigenvalue weighted by Gasteiger charge is 2.33. The van der Waals surface area contributed by atoms with Crippen LogP contribution in [0.5, 0.6) is 0 Å². The van der Waals surface area contributed by atoms with Gasteiger partial charge in [-0.25, -0.2) is 9.98 Å². The largest absolute Gasteiger partial charge is 0.291 e. The van der Waals surface area contributed by atoms with E-state index in [1.54, 1.807) is 46.2 Å². The van der Waals surface area contributed by atoms with Gasteiger partial charge in [-0.3, -0.25) is 19.4 Å². The third-order valence-electron chi connectivity index (χ3n) is 7.98. The summed E-state index contributed by atoms with van der Waals surface area (Å²) in [5, 5.41) is 1.27. The molecule has 4 aromatic rings. The second kappa shape index (κ2) is 15.6. The number of aliphatic imine (C=N–C) groups is 2. The van der Waals surface area contributed by atoms with Crippen LogP contribution < -0.4 is 0 Å². The number of unbranched alkanes of at least 4 members (excludes halogenated alkanes) is 3. The van der Waals surface area contributed by atoms with Crippen molar-refractivity contribution in [2.24, 2.45) is 9.98 Å². The lowest BCUT2D eigenvalue weighted by Crippen LogP contribution is -2.34. The fraction of sp³-hybridized carbons (Fsp3) is 0.158. The van der Waals surface area contributed by atoms with E-state index >= 15 is 0 Å². The molecule has 0 saturated heterocycles. The molecule has 10 heteroatoms. The van der Waals surface area contributed by atoms with Gasteiger partial charge in [0.25, 0.3) is 11.8 Å². The minimum atomic E-state index is -0.132. The fourth-order valence-electron chi connectivity index (χ4n) is 5.54. The number of nitrogens with zero attached hydrogens (tertiary/aromatic N) is 4. The number of benzene rings is 4. The summed E-state index contributed by atoms with van der Waals surface area (Å²) in [4.78, 5) is 40.3. The van der Waals surface area contributed by atoms with Crippen LogP contribution in [0, 0.1) is 0 Å². The first-order valence-electron chi connectivity index (χ1n) is 15.5. The molecular formula is C38H30Br2Cl2N4O2. The van der Waals surface area contributed by atoms with Gasteiger partial charge < -0.3 is 0 Å². The van der Waals surface area contributed by atoms with Crippen LogP contribution in [0.3, 0.4) is 0 Å². The molecule has 0 bridgehead atoms. The summed E-state index contributed by atoms with van der Waals surface area (Å²) < 4.78 is 1.74. The number of carbonyl (C=O) groups is 2. The van der Waals surface area contributed by atoms with E-state index < -0.39 is 0 Å². The third-order valence-corrected chi connectivity index (χ3v) is 9.87. The van der Waals surface area contributed by atoms with Crippen molar-refractivity contribution in [2.45, 2.75) is 25.7 Å². The minimum Gasteiger partial charge on any atom is -0.291 e. The monoisotopic (exact) mass is 802 g/mol. The van der Waals surface area contributed by atoms with Crippen molar-refractivity contribution in [3.05, 3.63) is 150 Å². The van der Waals surface area contributed by atoms with Crippen LogP contribution in [0.4, 0.5) is 0 Å². The van der Waals surface area contributed by atoms with Gasteiger partial charge in [0, 0.05) is 43.2 Å². The summed E-state index contributed by atoms with van der Waals surface area (Å²) in [5.74, 6) is 0.995. The molecule has 242 valence electrons. The van der Waals surface area contributed by atoms with Crippen molar-refractivity contribution in [1.29, 1.82) is 0 Å². The van der Waals surface area contributed by atoms with Gasteiger partial charge in [0.2, 0.25) is 0 Å². The van der Waals surface area contributed by atoms with Crippen LogP contribution >= 0.6 is 55.1 Å². The summed E-state index contributed by atoms with van der Waals surface area (Å²) >= 11 is 19.4. The van der Waals surface area contributed by atoms with Gasteiger partial charge in [-0.05, 0) is 72.5 Å². The Morgan fingerprint density at radius 2 is 0.917 bits per heavy atom. The van der Waals surface area contributed by atoms with E-state index in [0.29, 0.717) is 46.2 Å². The molecule has 6 rings (SSSR count). The van der Waals surface area contributed by atoms with Gasteiger partial charge in [-0.1, -0.05) is 129 Å². The maximum Gasteiger partial charge on any atom is 0.278 e. The van der Waals surface area contributed by atoms with Crippen LogP contribution in [0.15, 0.2) is 127 Å². The molecule has 2 amide bonds. The standard InChI is InChI=1S/C38H30Br2Cl2N4O2/c39-31-11-5-3-9-29(31)35-43-33(23-25-13-17-27(41)18-14-25)37(47)45(35)21-7-1-2-8-22-46-36(30-10-4-6-12-32(30)40)44-34(38(46)48)24-26-15-19-28(42)20-16-26/h3-6,9-20,23-24H,1-2,7-8,21-22H2/b33-23-,34-24+. The summed E-state index contributed by atoms with van der Waals surface area (Å²) in [5.41, 5.74) is 4.20. The highest BCUT2D eigenvalue weighted by atomic mass is 79.9. The molecule has 0 unspecified atom stereocenters. The summed E-state index contributed by atoms with van der Waals surface area (Å²) in [6, 6.07) is 30.2. The molecule has 48 heavy (non-hydrogen) atoms. The number of amides is 2. The van der Waals surface area contributed by atoms with Gasteiger partial charge >= 0.3 is 0 Å². The van der Waals surface area contributed by atoms with E-state index in [-0.39, 0.29) is 11.8 Å². The average molecular weight is 805 g/mol. The van der Waals surface area contributed by atoms with E-state index in [9.17, 15) is 9.59 Å². The maximum atomic E-state index is 13.6. The van der Waals surface area contributed by atoms with Gasteiger partial charge in [0.1, 0.15) is 23.1 Å². The number of halogens is 4. The van der Waals surface area contributed by atoms with E-state index in [0.717, 1.165) is 56.9 Å². The lowest BCUT2D eigenvalue weighted by molar-refractivity contribution is -0.123. The van der Waals surface area contributed by atoms with Crippen LogP contribution in [-0.4, -0.2) is 46.4 Å². The number of hydrogen-bond acceptors (Lipinski definition) is 4. The molecule has 2 heterocycles. The van der Waals surface area contributed by atoms with Crippen LogP contribution in [-0.2, 0) is 9.59 Å². The number of carbonyl (C=O) groups excluding carboxylic acids is 2. The Morgan fingerprint density at radius 3 is 1.29 bits per heavy atom. The Kier molecular flexibility index (Phi) is 11.1. The molecule has 0 saturated carbocycles. The van der Waals surface area contributed by atoms with Crippen molar-refractivity contribution in [2.75, 3.05) is 13.1 Å². The molecule has 2 aliphatic heterocycles. The van der Waals surface area contributed by atoms with Gasteiger partial charge in [0.05, 0.1) is 0 Å². The topological polar surface area (TPSA) is 65.3 Å². The maximum absolute atomic E-state index is 13.6. The Hall–Kier alpha value is -3.82. The Morgan fingerprint density at radius 1 is 0.542 bits per heavy atom. The van der Waals surface area contributed by atoms with Crippen LogP contribution in [0.2, 0.25) is 10.0 Å². The zero-order valence-corrected chi connectivity index (χ0v) is 30.4. The zero-order chi connectivity index (χ0) is 33.6. The minimum absolute atomic E-state index is 0.132. The van der Waals surface area contributed by atoms with Crippen molar-refractivity contribution in [1.82, 2.24) is 9.80 Å². The average Bonchev–Trinajstić information content (AvgIpc) is 3.55. The Labute approximate surface area is 306 Å². The lowest BCUT2D eigenvalue weighted by Gasteiger charge is -2.20. The first kappa shape index (κ1) is 34.1. The molecular weight excluding hydrogens is 775 g/mol. The smallest absolute Gasteiger partial charge is 0.278 e. The molecule has 0 spiro atoms. The lowest BCUT2D eigenvalue weighted by atomic mass is 10.1. The first-order chi connectivity index (χ1) is 23.3. The summed E-state index contributed by atoms with van der Waals surface area (Å²) in [7, 11) is 0. The normalized spacial score (nSPS) is 16.3. The molecule has 0 atom stereocenters. The van der Waals surface area contributed by atoms with E-state index in [4.69, 9.17) is 33.2 Å². The molecule has 2 aliphatic rings. The fourth-order valence-corrected chi connectivity index (χ4v) is 6.72. The predicted octanol–water partition coefficient (Wildman–Crippen LogP) is 10.0. The number of hydrogen-bond donors (Lipinski definition) is 0. The SMILES string of the molecule is O=C1/C(=C/c2ccc(Cl)cc2)N=C(c2ccccc2Br)N1CCCCCCN1C(=O)/C(=C\c2ccc(Cl)cc2)N=C1c1ccccc1Br. The third kappa shape index (κ3) is 7.90.